The summed E-state index contributed by atoms with van der Waals surface area (Å²) in [5, 5.41) is 0. The number of halogens is 1. The second-order valence-electron chi connectivity index (χ2n) is 2.86. The molecule has 0 aliphatic carbocycles. The third-order valence-electron chi connectivity index (χ3n) is 2.04. The fourth-order valence-electron chi connectivity index (χ4n) is 1.43. The van der Waals surface area contributed by atoms with E-state index in [4.69, 9.17) is 0 Å². The molecule has 12 heavy (non-hydrogen) atoms. The highest BCUT2D eigenvalue weighted by atomic mass is 79.9. The van der Waals surface area contributed by atoms with Gasteiger partial charge >= 0.3 is 0 Å². The molecule has 0 saturated carbocycles. The van der Waals surface area contributed by atoms with E-state index < -0.39 is 0 Å². The lowest BCUT2D eigenvalue weighted by Crippen LogP contribution is -3.00. The lowest BCUT2D eigenvalue weighted by molar-refractivity contribution is -0.694. The van der Waals surface area contributed by atoms with E-state index in [0.29, 0.717) is 18.7 Å². The number of ketones is 1. The van der Waals surface area contributed by atoms with Crippen molar-refractivity contribution in [2.45, 2.75) is 19.4 Å². The SMILES string of the molecule is O=C1CCc2cccc[n+]2C1.[Br-]. The minimum atomic E-state index is 0. The van der Waals surface area contributed by atoms with Crippen LogP contribution in [0.1, 0.15) is 12.1 Å². The molecule has 0 saturated heterocycles. The number of carbonyl (C=O) groups is 1. The third-order valence-corrected chi connectivity index (χ3v) is 2.04. The Kier molecular flexibility index (Phi) is 2.98. The number of hydrogen-bond donors (Lipinski definition) is 0. The van der Waals surface area contributed by atoms with Crippen molar-refractivity contribution in [3.05, 3.63) is 30.1 Å². The Labute approximate surface area is 82.0 Å². The number of aromatic nitrogens is 1. The van der Waals surface area contributed by atoms with Crippen LogP contribution in [0, 0.1) is 0 Å². The minimum Gasteiger partial charge on any atom is -1.00 e. The van der Waals surface area contributed by atoms with Gasteiger partial charge in [-0.15, -0.1) is 0 Å². The van der Waals surface area contributed by atoms with Crippen molar-refractivity contribution in [3.63, 3.8) is 0 Å². The zero-order valence-corrected chi connectivity index (χ0v) is 8.25. The molecule has 2 heterocycles. The van der Waals surface area contributed by atoms with Crippen molar-refractivity contribution in [2.24, 2.45) is 0 Å². The summed E-state index contributed by atoms with van der Waals surface area (Å²) >= 11 is 0. The molecular weight excluding hydrogens is 218 g/mol. The lowest BCUT2D eigenvalue weighted by atomic mass is 10.1. The van der Waals surface area contributed by atoms with Gasteiger partial charge in [-0.1, -0.05) is 6.07 Å². The van der Waals surface area contributed by atoms with Crippen molar-refractivity contribution >= 4 is 5.78 Å². The van der Waals surface area contributed by atoms with E-state index in [2.05, 4.69) is 6.07 Å². The fourth-order valence-corrected chi connectivity index (χ4v) is 1.43. The smallest absolute Gasteiger partial charge is 0.206 e. The van der Waals surface area contributed by atoms with Crippen LogP contribution in [0.25, 0.3) is 0 Å². The molecular formula is C9H10BrNO. The molecule has 0 bridgehead atoms. The van der Waals surface area contributed by atoms with Gasteiger partial charge in [0.1, 0.15) is 0 Å². The summed E-state index contributed by atoms with van der Waals surface area (Å²) in [5.74, 6) is 0.341. The highest BCUT2D eigenvalue weighted by molar-refractivity contribution is 5.77. The number of rotatable bonds is 0. The van der Waals surface area contributed by atoms with Gasteiger partial charge in [-0.3, -0.25) is 4.79 Å². The number of fused-ring (bicyclic) bond motifs is 1. The van der Waals surface area contributed by atoms with Gasteiger partial charge in [0.2, 0.25) is 6.54 Å². The van der Waals surface area contributed by atoms with Gasteiger partial charge in [-0.25, -0.2) is 0 Å². The monoisotopic (exact) mass is 227 g/mol. The zero-order valence-electron chi connectivity index (χ0n) is 6.66. The average molecular weight is 228 g/mol. The second-order valence-corrected chi connectivity index (χ2v) is 2.86. The molecule has 0 spiro atoms. The molecule has 1 aromatic rings. The number of pyridine rings is 1. The molecule has 2 nitrogen and oxygen atoms in total. The molecule has 0 atom stereocenters. The molecule has 64 valence electrons. The Bertz CT molecular complexity index is 298. The zero-order chi connectivity index (χ0) is 7.68. The van der Waals surface area contributed by atoms with Crippen LogP contribution >= 0.6 is 0 Å². The first kappa shape index (κ1) is 9.39. The van der Waals surface area contributed by atoms with E-state index in [1.165, 1.54) is 5.69 Å². The molecule has 2 rings (SSSR count). The largest absolute Gasteiger partial charge is 1.00 e. The minimum absolute atomic E-state index is 0. The lowest BCUT2D eigenvalue weighted by Gasteiger charge is -2.07. The topological polar surface area (TPSA) is 20.9 Å². The van der Waals surface area contributed by atoms with E-state index in [1.807, 2.05) is 22.9 Å². The Morgan fingerprint density at radius 3 is 2.92 bits per heavy atom. The van der Waals surface area contributed by atoms with Gasteiger partial charge in [0.15, 0.2) is 17.7 Å². The number of nitrogens with zero attached hydrogens (tertiary/aromatic N) is 1. The van der Waals surface area contributed by atoms with Crippen LogP contribution in [0.2, 0.25) is 0 Å². The van der Waals surface area contributed by atoms with Gasteiger partial charge in [0.25, 0.3) is 0 Å². The maximum absolute atomic E-state index is 11.0. The molecule has 1 aliphatic rings. The molecule has 0 N–H and O–H groups in total. The van der Waals surface area contributed by atoms with Gasteiger partial charge in [0.05, 0.1) is 0 Å². The van der Waals surface area contributed by atoms with Gasteiger partial charge < -0.3 is 17.0 Å². The fraction of sp³-hybridized carbons (Fsp3) is 0.333. The van der Waals surface area contributed by atoms with E-state index in [-0.39, 0.29) is 17.0 Å². The van der Waals surface area contributed by atoms with Crippen LogP contribution in [0.5, 0.6) is 0 Å². The first-order chi connectivity index (χ1) is 5.36. The predicted molar refractivity (Wildman–Crippen MR) is 40.0 cm³/mol. The molecule has 1 aliphatic heterocycles. The molecule has 0 aromatic carbocycles. The quantitative estimate of drug-likeness (QED) is 0.449. The van der Waals surface area contributed by atoms with Crippen LogP contribution < -0.4 is 21.5 Å². The first-order valence-corrected chi connectivity index (χ1v) is 3.85. The van der Waals surface area contributed by atoms with Crippen LogP contribution in [0.4, 0.5) is 0 Å². The van der Waals surface area contributed by atoms with Crippen LogP contribution in [-0.2, 0) is 17.8 Å². The Hall–Kier alpha value is -0.700. The van der Waals surface area contributed by atoms with Crippen LogP contribution in [0.15, 0.2) is 24.4 Å². The molecule has 3 heteroatoms. The summed E-state index contributed by atoms with van der Waals surface area (Å²) in [6.45, 7) is 0.566. The summed E-state index contributed by atoms with van der Waals surface area (Å²) in [5.41, 5.74) is 1.27. The van der Waals surface area contributed by atoms with E-state index in [1.54, 1.807) is 0 Å². The predicted octanol–water partition coefficient (Wildman–Crippen LogP) is -2.51. The number of hydrogen-bond acceptors (Lipinski definition) is 1. The van der Waals surface area contributed by atoms with Crippen molar-refractivity contribution in [1.29, 1.82) is 0 Å². The van der Waals surface area contributed by atoms with E-state index in [9.17, 15) is 4.79 Å². The Morgan fingerprint density at radius 1 is 1.25 bits per heavy atom. The van der Waals surface area contributed by atoms with Crippen molar-refractivity contribution < 1.29 is 26.3 Å². The molecule has 0 fully saturated rings. The molecule has 1 aromatic heterocycles. The third kappa shape index (κ3) is 1.72. The van der Waals surface area contributed by atoms with Crippen LogP contribution in [0.3, 0.4) is 0 Å². The summed E-state index contributed by atoms with van der Waals surface area (Å²) in [6.07, 6.45) is 3.58. The van der Waals surface area contributed by atoms with Crippen molar-refractivity contribution in [3.8, 4) is 0 Å². The maximum Gasteiger partial charge on any atom is 0.206 e. The molecule has 0 unspecified atom stereocenters. The van der Waals surface area contributed by atoms with Crippen molar-refractivity contribution in [2.75, 3.05) is 0 Å². The van der Waals surface area contributed by atoms with E-state index in [0.717, 1.165) is 6.42 Å². The Morgan fingerprint density at radius 2 is 2.08 bits per heavy atom. The van der Waals surface area contributed by atoms with E-state index >= 15 is 0 Å². The number of aryl methyl sites for hydroxylation is 1. The summed E-state index contributed by atoms with van der Waals surface area (Å²) in [4.78, 5) is 11.0. The van der Waals surface area contributed by atoms with Gasteiger partial charge in [-0.2, -0.15) is 4.57 Å². The molecule has 0 radical (unpaired) electrons. The molecule has 0 amide bonds. The summed E-state index contributed by atoms with van der Waals surface area (Å²) < 4.78 is 2.02. The maximum atomic E-state index is 11.0. The van der Waals surface area contributed by atoms with Crippen LogP contribution in [-0.4, -0.2) is 5.78 Å². The summed E-state index contributed by atoms with van der Waals surface area (Å²) in [6, 6.07) is 6.05. The normalized spacial score (nSPS) is 14.8. The summed E-state index contributed by atoms with van der Waals surface area (Å²) in [7, 11) is 0. The standard InChI is InChI=1S/C9H10NO.BrH/c11-9-5-4-8-3-1-2-6-10(8)7-9;/h1-3,6H,4-5,7H2;1H/q+1;/p-1. The number of carbonyl (C=O) groups excluding carboxylic acids is 1. The number of Topliss-reactive ketones (excluding diaryl/α,β-unsaturated/α-hetero) is 1. The Balaban J connectivity index is 0.000000720. The average Bonchev–Trinajstić information content (AvgIpc) is 2.04. The van der Waals surface area contributed by atoms with Gasteiger partial charge in [0, 0.05) is 25.0 Å². The second kappa shape index (κ2) is 3.81. The van der Waals surface area contributed by atoms with Gasteiger partial charge in [-0.05, 0) is 0 Å². The highest BCUT2D eigenvalue weighted by Gasteiger charge is 2.20. The first-order valence-electron chi connectivity index (χ1n) is 3.85. The highest BCUT2D eigenvalue weighted by Crippen LogP contribution is 2.02. The van der Waals surface area contributed by atoms with Crippen molar-refractivity contribution in [1.82, 2.24) is 0 Å².